The first kappa shape index (κ1) is 19.3. The van der Waals surface area contributed by atoms with E-state index in [0.717, 1.165) is 17.7 Å². The first-order chi connectivity index (χ1) is 13.3. The van der Waals surface area contributed by atoms with E-state index in [-0.39, 0.29) is 23.8 Å². The van der Waals surface area contributed by atoms with Crippen molar-refractivity contribution in [1.82, 2.24) is 4.90 Å². The van der Waals surface area contributed by atoms with Gasteiger partial charge in [-0.3, -0.25) is 19.7 Å². The molecule has 1 aliphatic carbocycles. The fourth-order valence-corrected chi connectivity index (χ4v) is 2.63. The van der Waals surface area contributed by atoms with E-state index in [1.807, 2.05) is 0 Å². The van der Waals surface area contributed by atoms with Crippen LogP contribution in [0.3, 0.4) is 0 Å². The zero-order valence-electron chi connectivity index (χ0n) is 15.1. The van der Waals surface area contributed by atoms with Gasteiger partial charge in [-0.05, 0) is 49.2 Å². The molecule has 8 nitrogen and oxygen atoms in total. The zero-order chi connectivity index (χ0) is 20.3. The molecule has 146 valence electrons. The van der Waals surface area contributed by atoms with Crippen LogP contribution in [-0.4, -0.2) is 41.3 Å². The molecule has 0 atom stereocenters. The minimum Gasteiger partial charge on any atom is -0.377 e. The molecule has 0 saturated heterocycles. The van der Waals surface area contributed by atoms with Crippen molar-refractivity contribution in [1.29, 1.82) is 0 Å². The molecule has 2 amide bonds. The van der Waals surface area contributed by atoms with Crippen molar-refractivity contribution in [3.8, 4) is 0 Å². The van der Waals surface area contributed by atoms with Gasteiger partial charge in [-0.1, -0.05) is 0 Å². The largest absolute Gasteiger partial charge is 0.377 e. The molecule has 0 aromatic heterocycles. The topological polar surface area (TPSA) is 105 Å². The molecule has 3 rings (SSSR count). The summed E-state index contributed by atoms with van der Waals surface area (Å²) in [5.41, 5.74) is 0.714. The van der Waals surface area contributed by atoms with Gasteiger partial charge in [0.15, 0.2) is 0 Å². The monoisotopic (exact) mass is 386 g/mol. The Morgan fingerprint density at radius 2 is 1.89 bits per heavy atom. The quantitative estimate of drug-likeness (QED) is 0.562. The Hall–Kier alpha value is -3.49. The summed E-state index contributed by atoms with van der Waals surface area (Å²) in [5, 5.41) is 16.9. The van der Waals surface area contributed by atoms with E-state index in [2.05, 4.69) is 10.6 Å². The van der Waals surface area contributed by atoms with Gasteiger partial charge < -0.3 is 15.5 Å². The highest BCUT2D eigenvalue weighted by Crippen LogP contribution is 2.31. The molecule has 1 aliphatic rings. The highest BCUT2D eigenvalue weighted by molar-refractivity contribution is 6.00. The Labute approximate surface area is 160 Å². The van der Waals surface area contributed by atoms with Gasteiger partial charge in [-0.15, -0.1) is 0 Å². The van der Waals surface area contributed by atoms with Gasteiger partial charge in [0.1, 0.15) is 11.5 Å². The van der Waals surface area contributed by atoms with Crippen LogP contribution in [-0.2, 0) is 4.79 Å². The van der Waals surface area contributed by atoms with Gasteiger partial charge in [0, 0.05) is 30.4 Å². The molecule has 28 heavy (non-hydrogen) atoms. The lowest BCUT2D eigenvalue weighted by Crippen LogP contribution is -2.35. The number of carbonyl (C=O) groups excluding carboxylic acids is 2. The third-order valence-corrected chi connectivity index (χ3v) is 4.23. The Kier molecular flexibility index (Phi) is 5.53. The summed E-state index contributed by atoms with van der Waals surface area (Å²) >= 11 is 0. The molecule has 0 bridgehead atoms. The second-order valence-electron chi connectivity index (χ2n) is 6.62. The molecular formula is C19H19FN4O4. The van der Waals surface area contributed by atoms with Crippen molar-refractivity contribution in [3.63, 3.8) is 0 Å². The summed E-state index contributed by atoms with van der Waals surface area (Å²) in [4.78, 5) is 36.6. The maximum Gasteiger partial charge on any atom is 0.293 e. The predicted octanol–water partition coefficient (Wildman–Crippen LogP) is 3.02. The molecule has 0 unspecified atom stereocenters. The third-order valence-electron chi connectivity index (χ3n) is 4.23. The van der Waals surface area contributed by atoms with E-state index in [4.69, 9.17) is 0 Å². The van der Waals surface area contributed by atoms with E-state index in [1.54, 1.807) is 0 Å². The Balaban J connectivity index is 1.66. The number of nitro groups is 1. The molecule has 1 fully saturated rings. The van der Waals surface area contributed by atoms with Crippen molar-refractivity contribution in [2.75, 3.05) is 24.2 Å². The second kappa shape index (κ2) is 8.03. The first-order valence-electron chi connectivity index (χ1n) is 8.69. The average molecular weight is 386 g/mol. The Morgan fingerprint density at radius 3 is 2.50 bits per heavy atom. The number of hydrogen-bond acceptors (Lipinski definition) is 5. The minimum atomic E-state index is -0.539. The minimum absolute atomic E-state index is 0.116. The molecule has 2 N–H and O–H groups in total. The fraction of sp³-hybridized carbons (Fsp3) is 0.263. The van der Waals surface area contributed by atoms with Gasteiger partial charge in [-0.2, -0.15) is 0 Å². The van der Waals surface area contributed by atoms with E-state index >= 15 is 0 Å². The van der Waals surface area contributed by atoms with Gasteiger partial charge in [0.2, 0.25) is 5.91 Å². The lowest BCUT2D eigenvalue weighted by Gasteiger charge is -2.17. The smallest absolute Gasteiger partial charge is 0.293 e. The Morgan fingerprint density at radius 1 is 1.21 bits per heavy atom. The number of likely N-dealkylation sites (N-methyl/N-ethyl adjacent to an activating group) is 1. The fourth-order valence-electron chi connectivity index (χ4n) is 2.63. The number of benzene rings is 2. The van der Waals surface area contributed by atoms with Crippen LogP contribution in [0.25, 0.3) is 0 Å². The molecule has 0 aliphatic heterocycles. The van der Waals surface area contributed by atoms with E-state index in [1.165, 1.54) is 49.5 Å². The number of halogens is 1. The van der Waals surface area contributed by atoms with E-state index in [9.17, 15) is 24.1 Å². The van der Waals surface area contributed by atoms with Crippen LogP contribution in [0.1, 0.15) is 23.2 Å². The standard InChI is InChI=1S/C19H19FN4O4/c1-23(11-18(25)22-15-5-3-13(20)4-6-15)19(26)12-2-9-16(21-14-7-8-14)17(10-12)24(27)28/h2-6,9-10,14,21H,7-8,11H2,1H3,(H,22,25). The summed E-state index contributed by atoms with van der Waals surface area (Å²) in [5.74, 6) is -1.41. The highest BCUT2D eigenvalue weighted by atomic mass is 19.1. The van der Waals surface area contributed by atoms with Crippen molar-refractivity contribution < 1.29 is 18.9 Å². The molecule has 2 aromatic rings. The van der Waals surface area contributed by atoms with Crippen LogP contribution >= 0.6 is 0 Å². The van der Waals surface area contributed by atoms with E-state index in [0.29, 0.717) is 11.4 Å². The molecule has 2 aromatic carbocycles. The lowest BCUT2D eigenvalue weighted by molar-refractivity contribution is -0.384. The van der Waals surface area contributed by atoms with Crippen molar-refractivity contribution in [3.05, 3.63) is 64.0 Å². The second-order valence-corrected chi connectivity index (χ2v) is 6.62. The summed E-state index contributed by atoms with van der Waals surface area (Å²) < 4.78 is 12.9. The molecule has 9 heteroatoms. The summed E-state index contributed by atoms with van der Waals surface area (Å²) in [7, 11) is 1.43. The van der Waals surface area contributed by atoms with Crippen LogP contribution in [0.15, 0.2) is 42.5 Å². The molecule has 0 radical (unpaired) electrons. The van der Waals surface area contributed by atoms with Crippen molar-refractivity contribution >= 4 is 28.9 Å². The van der Waals surface area contributed by atoms with E-state index < -0.39 is 22.6 Å². The number of anilines is 2. The number of nitrogens with zero attached hydrogens (tertiary/aromatic N) is 2. The van der Waals surface area contributed by atoms with Gasteiger partial charge >= 0.3 is 0 Å². The number of rotatable bonds is 7. The predicted molar refractivity (Wildman–Crippen MR) is 102 cm³/mol. The number of amides is 2. The number of nitrogens with one attached hydrogen (secondary N) is 2. The third kappa shape index (κ3) is 4.81. The van der Waals surface area contributed by atoms with Crippen LogP contribution in [0.2, 0.25) is 0 Å². The molecule has 0 heterocycles. The normalized spacial score (nSPS) is 12.9. The van der Waals surface area contributed by atoms with Gasteiger partial charge in [0.25, 0.3) is 11.6 Å². The lowest BCUT2D eigenvalue weighted by atomic mass is 10.1. The molecule has 1 saturated carbocycles. The maximum atomic E-state index is 12.9. The molecular weight excluding hydrogens is 367 g/mol. The summed E-state index contributed by atoms with van der Waals surface area (Å²) in [6.07, 6.45) is 1.92. The summed E-state index contributed by atoms with van der Waals surface area (Å²) in [6.45, 7) is -0.258. The SMILES string of the molecule is CN(CC(=O)Nc1ccc(F)cc1)C(=O)c1ccc(NC2CC2)c([N+](=O)[O-])c1. The average Bonchev–Trinajstić information content (AvgIpc) is 3.47. The van der Waals surface area contributed by atoms with Crippen LogP contribution in [0.5, 0.6) is 0 Å². The van der Waals surface area contributed by atoms with Crippen LogP contribution in [0, 0.1) is 15.9 Å². The summed E-state index contributed by atoms with van der Waals surface area (Å²) in [6, 6.07) is 9.68. The highest BCUT2D eigenvalue weighted by Gasteiger charge is 2.26. The zero-order valence-corrected chi connectivity index (χ0v) is 15.1. The number of nitro benzene ring substituents is 1. The van der Waals surface area contributed by atoms with Crippen molar-refractivity contribution in [2.24, 2.45) is 0 Å². The van der Waals surface area contributed by atoms with Crippen molar-refractivity contribution in [2.45, 2.75) is 18.9 Å². The van der Waals surface area contributed by atoms with Gasteiger partial charge in [0.05, 0.1) is 11.5 Å². The maximum absolute atomic E-state index is 12.9. The number of carbonyl (C=O) groups is 2. The van der Waals surface area contributed by atoms with Gasteiger partial charge in [-0.25, -0.2) is 4.39 Å². The first-order valence-corrected chi connectivity index (χ1v) is 8.69. The van der Waals surface area contributed by atoms with Crippen LogP contribution in [0.4, 0.5) is 21.5 Å². The number of hydrogen-bond donors (Lipinski definition) is 2. The molecule has 0 spiro atoms. The Bertz CT molecular complexity index is 913. The van der Waals surface area contributed by atoms with Crippen LogP contribution < -0.4 is 10.6 Å².